The van der Waals surface area contributed by atoms with Gasteiger partial charge in [-0.05, 0) is 38.3 Å². The van der Waals surface area contributed by atoms with E-state index in [4.69, 9.17) is 14.9 Å². The van der Waals surface area contributed by atoms with E-state index in [0.29, 0.717) is 6.54 Å². The summed E-state index contributed by atoms with van der Waals surface area (Å²) in [5, 5.41) is 0. The Morgan fingerprint density at radius 2 is 2.50 bits per heavy atom. The standard InChI is InChI=1S/C11H17NO2/c1-11(10-5-3-7-13-10)6-2-4-9(8-12)14-11/h3,5,7,9H,2,4,6,8,12H2,1H3. The van der Waals surface area contributed by atoms with Crippen LogP contribution in [0, 0.1) is 0 Å². The third-order valence-corrected chi connectivity index (χ3v) is 2.91. The van der Waals surface area contributed by atoms with Crippen LogP contribution in [0.5, 0.6) is 0 Å². The molecule has 2 atom stereocenters. The molecule has 0 saturated carbocycles. The molecule has 2 unspecified atom stereocenters. The fraction of sp³-hybridized carbons (Fsp3) is 0.636. The molecule has 1 saturated heterocycles. The Bertz CT molecular complexity index is 283. The first-order valence-corrected chi connectivity index (χ1v) is 5.16. The maximum absolute atomic E-state index is 5.95. The minimum Gasteiger partial charge on any atom is -0.466 e. The van der Waals surface area contributed by atoms with Gasteiger partial charge in [0.2, 0.25) is 0 Å². The van der Waals surface area contributed by atoms with Crippen molar-refractivity contribution in [1.82, 2.24) is 0 Å². The van der Waals surface area contributed by atoms with Crippen molar-refractivity contribution in [2.45, 2.75) is 37.9 Å². The Kier molecular flexibility index (Phi) is 2.61. The summed E-state index contributed by atoms with van der Waals surface area (Å²) in [7, 11) is 0. The van der Waals surface area contributed by atoms with E-state index in [9.17, 15) is 0 Å². The molecule has 3 heteroatoms. The summed E-state index contributed by atoms with van der Waals surface area (Å²) in [6.07, 6.45) is 5.10. The molecule has 0 bridgehead atoms. The second kappa shape index (κ2) is 3.75. The van der Waals surface area contributed by atoms with Crippen LogP contribution in [0.2, 0.25) is 0 Å². The molecule has 1 aromatic rings. The fourth-order valence-corrected chi connectivity index (χ4v) is 2.08. The van der Waals surface area contributed by atoms with Crippen LogP contribution in [0.15, 0.2) is 22.8 Å². The third kappa shape index (κ3) is 1.70. The molecular weight excluding hydrogens is 178 g/mol. The van der Waals surface area contributed by atoms with E-state index in [2.05, 4.69) is 6.92 Å². The molecule has 1 aliphatic rings. The van der Waals surface area contributed by atoms with Gasteiger partial charge in [-0.1, -0.05) is 0 Å². The molecule has 3 nitrogen and oxygen atoms in total. The highest BCUT2D eigenvalue weighted by atomic mass is 16.5. The van der Waals surface area contributed by atoms with Crippen molar-refractivity contribution >= 4 is 0 Å². The Morgan fingerprint density at radius 1 is 1.64 bits per heavy atom. The van der Waals surface area contributed by atoms with Crippen LogP contribution in [0.25, 0.3) is 0 Å². The molecule has 1 fully saturated rings. The molecule has 0 radical (unpaired) electrons. The van der Waals surface area contributed by atoms with Gasteiger partial charge in [0.05, 0.1) is 12.4 Å². The van der Waals surface area contributed by atoms with E-state index in [1.165, 1.54) is 0 Å². The molecule has 0 amide bonds. The first kappa shape index (κ1) is 9.74. The monoisotopic (exact) mass is 195 g/mol. The van der Waals surface area contributed by atoms with E-state index in [1.807, 2.05) is 12.1 Å². The van der Waals surface area contributed by atoms with Gasteiger partial charge in [-0.2, -0.15) is 0 Å². The second-order valence-electron chi connectivity index (χ2n) is 4.08. The summed E-state index contributed by atoms with van der Waals surface area (Å²) in [5.74, 6) is 0.913. The van der Waals surface area contributed by atoms with E-state index < -0.39 is 0 Å². The fourth-order valence-electron chi connectivity index (χ4n) is 2.08. The molecule has 0 aromatic carbocycles. The first-order chi connectivity index (χ1) is 6.74. The maximum Gasteiger partial charge on any atom is 0.135 e. The zero-order chi connectivity index (χ0) is 10.0. The number of nitrogens with two attached hydrogens (primary N) is 1. The maximum atomic E-state index is 5.95. The summed E-state index contributed by atoms with van der Waals surface area (Å²) >= 11 is 0. The van der Waals surface area contributed by atoms with Crippen LogP contribution in [0.3, 0.4) is 0 Å². The smallest absolute Gasteiger partial charge is 0.135 e. The lowest BCUT2D eigenvalue weighted by Crippen LogP contribution is -2.39. The summed E-state index contributed by atoms with van der Waals surface area (Å²) < 4.78 is 11.4. The predicted octanol–water partition coefficient (Wildman–Crippen LogP) is 2.02. The quantitative estimate of drug-likeness (QED) is 0.785. The van der Waals surface area contributed by atoms with Gasteiger partial charge in [-0.15, -0.1) is 0 Å². The molecule has 1 aliphatic heterocycles. The van der Waals surface area contributed by atoms with Gasteiger partial charge in [0, 0.05) is 6.54 Å². The van der Waals surface area contributed by atoms with Gasteiger partial charge in [-0.25, -0.2) is 0 Å². The lowest BCUT2D eigenvalue weighted by molar-refractivity contribution is -0.129. The highest BCUT2D eigenvalue weighted by Crippen LogP contribution is 2.37. The Balaban J connectivity index is 2.15. The zero-order valence-corrected chi connectivity index (χ0v) is 8.53. The highest BCUT2D eigenvalue weighted by Gasteiger charge is 2.36. The number of hydrogen-bond donors (Lipinski definition) is 1. The average molecular weight is 195 g/mol. The van der Waals surface area contributed by atoms with Crippen molar-refractivity contribution in [2.24, 2.45) is 5.73 Å². The van der Waals surface area contributed by atoms with Crippen molar-refractivity contribution in [3.05, 3.63) is 24.2 Å². The normalized spacial score (nSPS) is 33.1. The summed E-state index contributed by atoms with van der Waals surface area (Å²) in [6, 6.07) is 3.87. The van der Waals surface area contributed by atoms with Gasteiger partial charge in [0.25, 0.3) is 0 Å². The van der Waals surface area contributed by atoms with Crippen molar-refractivity contribution < 1.29 is 9.15 Å². The molecule has 2 rings (SSSR count). The van der Waals surface area contributed by atoms with Crippen LogP contribution in [-0.4, -0.2) is 12.6 Å². The molecule has 0 spiro atoms. The number of ether oxygens (including phenoxy) is 1. The Morgan fingerprint density at radius 3 is 3.14 bits per heavy atom. The van der Waals surface area contributed by atoms with Gasteiger partial charge in [0.15, 0.2) is 0 Å². The van der Waals surface area contributed by atoms with Crippen LogP contribution < -0.4 is 5.73 Å². The van der Waals surface area contributed by atoms with Crippen LogP contribution in [0.4, 0.5) is 0 Å². The van der Waals surface area contributed by atoms with Gasteiger partial charge >= 0.3 is 0 Å². The first-order valence-electron chi connectivity index (χ1n) is 5.16. The van der Waals surface area contributed by atoms with E-state index >= 15 is 0 Å². The van der Waals surface area contributed by atoms with Gasteiger partial charge in [-0.3, -0.25) is 0 Å². The zero-order valence-electron chi connectivity index (χ0n) is 8.53. The van der Waals surface area contributed by atoms with E-state index in [1.54, 1.807) is 6.26 Å². The van der Waals surface area contributed by atoms with Crippen LogP contribution in [0.1, 0.15) is 31.9 Å². The summed E-state index contributed by atoms with van der Waals surface area (Å²) in [6.45, 7) is 2.67. The number of hydrogen-bond acceptors (Lipinski definition) is 3. The Labute approximate surface area is 84.2 Å². The highest BCUT2D eigenvalue weighted by molar-refractivity contribution is 5.09. The molecule has 14 heavy (non-hydrogen) atoms. The average Bonchev–Trinajstić information content (AvgIpc) is 2.71. The Hall–Kier alpha value is -0.800. The molecule has 78 valence electrons. The molecule has 2 N–H and O–H groups in total. The van der Waals surface area contributed by atoms with Crippen molar-refractivity contribution in [2.75, 3.05) is 6.54 Å². The molecule has 1 aromatic heterocycles. The van der Waals surface area contributed by atoms with Crippen LogP contribution >= 0.6 is 0 Å². The molecule has 0 aliphatic carbocycles. The molecule has 2 heterocycles. The van der Waals surface area contributed by atoms with Gasteiger partial charge in [0.1, 0.15) is 11.4 Å². The van der Waals surface area contributed by atoms with Crippen molar-refractivity contribution in [3.63, 3.8) is 0 Å². The van der Waals surface area contributed by atoms with E-state index in [-0.39, 0.29) is 11.7 Å². The SMILES string of the molecule is CC1(c2ccco2)CCCC(CN)O1. The van der Waals surface area contributed by atoms with Gasteiger partial charge < -0.3 is 14.9 Å². The number of furan rings is 1. The lowest BCUT2D eigenvalue weighted by Gasteiger charge is -2.36. The van der Waals surface area contributed by atoms with Crippen molar-refractivity contribution in [3.8, 4) is 0 Å². The summed E-state index contributed by atoms with van der Waals surface area (Å²) in [4.78, 5) is 0. The number of rotatable bonds is 2. The van der Waals surface area contributed by atoms with Crippen molar-refractivity contribution in [1.29, 1.82) is 0 Å². The van der Waals surface area contributed by atoms with E-state index in [0.717, 1.165) is 25.0 Å². The summed E-state index contributed by atoms with van der Waals surface area (Å²) in [5.41, 5.74) is 5.35. The minimum atomic E-state index is -0.272. The second-order valence-corrected chi connectivity index (χ2v) is 4.08. The lowest BCUT2D eigenvalue weighted by atomic mass is 9.91. The largest absolute Gasteiger partial charge is 0.466 e. The topological polar surface area (TPSA) is 48.4 Å². The minimum absolute atomic E-state index is 0.179. The molecular formula is C11H17NO2. The van der Waals surface area contributed by atoms with Crippen LogP contribution in [-0.2, 0) is 10.3 Å². The predicted molar refractivity (Wildman–Crippen MR) is 53.8 cm³/mol. The third-order valence-electron chi connectivity index (χ3n) is 2.91.